The van der Waals surface area contributed by atoms with Crippen molar-refractivity contribution < 1.29 is 19.5 Å². The van der Waals surface area contributed by atoms with E-state index >= 15 is 0 Å². The molecule has 1 rings (SSSR count). The molecule has 102 valence electrons. The van der Waals surface area contributed by atoms with E-state index < -0.39 is 17.9 Å². The SMILES string of the molecule is CC(C)C1CCCN1C(=O)NC(=O)CCC(=O)O. The summed E-state index contributed by atoms with van der Waals surface area (Å²) >= 11 is 0. The van der Waals surface area contributed by atoms with Crippen molar-refractivity contribution in [1.82, 2.24) is 10.2 Å². The fraction of sp³-hybridized carbons (Fsp3) is 0.750. The summed E-state index contributed by atoms with van der Waals surface area (Å²) in [5.74, 6) is -1.22. The number of imide groups is 1. The van der Waals surface area contributed by atoms with Gasteiger partial charge in [0.05, 0.1) is 6.42 Å². The summed E-state index contributed by atoms with van der Waals surface area (Å²) in [6.07, 6.45) is 1.47. The van der Waals surface area contributed by atoms with E-state index in [1.807, 2.05) is 13.8 Å². The molecule has 6 nitrogen and oxygen atoms in total. The van der Waals surface area contributed by atoms with Gasteiger partial charge < -0.3 is 10.0 Å². The van der Waals surface area contributed by atoms with Gasteiger partial charge in [-0.3, -0.25) is 14.9 Å². The number of nitrogens with zero attached hydrogens (tertiary/aromatic N) is 1. The van der Waals surface area contributed by atoms with Crippen LogP contribution in [0.2, 0.25) is 0 Å². The van der Waals surface area contributed by atoms with E-state index in [4.69, 9.17) is 5.11 Å². The molecular weight excluding hydrogens is 236 g/mol. The van der Waals surface area contributed by atoms with Gasteiger partial charge in [-0.2, -0.15) is 0 Å². The molecule has 6 heteroatoms. The third-order valence-corrected chi connectivity index (χ3v) is 3.14. The number of amides is 3. The quantitative estimate of drug-likeness (QED) is 0.791. The molecule has 0 aromatic heterocycles. The molecule has 1 aliphatic heterocycles. The highest BCUT2D eigenvalue weighted by Crippen LogP contribution is 2.23. The minimum Gasteiger partial charge on any atom is -0.481 e. The van der Waals surface area contributed by atoms with Gasteiger partial charge in [0.1, 0.15) is 0 Å². The molecule has 1 aliphatic rings. The molecule has 1 unspecified atom stereocenters. The lowest BCUT2D eigenvalue weighted by Gasteiger charge is -2.27. The Morgan fingerprint density at radius 2 is 2.00 bits per heavy atom. The number of nitrogens with one attached hydrogen (secondary N) is 1. The standard InChI is InChI=1S/C12H20N2O4/c1-8(2)9-4-3-7-14(9)12(18)13-10(15)5-6-11(16)17/h8-9H,3-7H2,1-2H3,(H,16,17)(H,13,15,18). The predicted molar refractivity (Wildman–Crippen MR) is 65.0 cm³/mol. The van der Waals surface area contributed by atoms with Gasteiger partial charge in [-0.05, 0) is 18.8 Å². The molecule has 1 atom stereocenters. The largest absolute Gasteiger partial charge is 0.481 e. The van der Waals surface area contributed by atoms with Crippen molar-refractivity contribution in [1.29, 1.82) is 0 Å². The van der Waals surface area contributed by atoms with Crippen LogP contribution in [0.3, 0.4) is 0 Å². The lowest BCUT2D eigenvalue weighted by Crippen LogP contribution is -2.46. The lowest BCUT2D eigenvalue weighted by atomic mass is 10.0. The van der Waals surface area contributed by atoms with E-state index in [0.29, 0.717) is 12.5 Å². The Bertz CT molecular complexity index is 341. The van der Waals surface area contributed by atoms with Crippen molar-refractivity contribution in [3.8, 4) is 0 Å². The second kappa shape index (κ2) is 6.37. The first-order valence-corrected chi connectivity index (χ1v) is 6.24. The average Bonchev–Trinajstić information content (AvgIpc) is 2.75. The summed E-state index contributed by atoms with van der Waals surface area (Å²) in [6.45, 7) is 4.74. The normalized spacial score (nSPS) is 19.1. The molecule has 1 heterocycles. The Kier molecular flexibility index (Phi) is 5.12. The third kappa shape index (κ3) is 4.01. The lowest BCUT2D eigenvalue weighted by molar-refractivity contribution is -0.138. The summed E-state index contributed by atoms with van der Waals surface area (Å²) in [7, 11) is 0. The fourth-order valence-corrected chi connectivity index (χ4v) is 2.21. The second-order valence-corrected chi connectivity index (χ2v) is 4.89. The van der Waals surface area contributed by atoms with Gasteiger partial charge in [0.15, 0.2) is 0 Å². The molecule has 0 saturated carbocycles. The summed E-state index contributed by atoms with van der Waals surface area (Å²) in [5.41, 5.74) is 0. The highest BCUT2D eigenvalue weighted by molar-refractivity contribution is 5.95. The third-order valence-electron chi connectivity index (χ3n) is 3.14. The average molecular weight is 256 g/mol. The number of carboxylic acids is 1. The fourth-order valence-electron chi connectivity index (χ4n) is 2.21. The highest BCUT2D eigenvalue weighted by atomic mass is 16.4. The van der Waals surface area contributed by atoms with Crippen LogP contribution in [0.15, 0.2) is 0 Å². The first-order chi connectivity index (χ1) is 8.41. The Labute approximate surface area is 106 Å². The van der Waals surface area contributed by atoms with Gasteiger partial charge in [0.2, 0.25) is 5.91 Å². The molecule has 0 spiro atoms. The predicted octanol–water partition coefficient (Wildman–Crippen LogP) is 1.21. The van der Waals surface area contributed by atoms with E-state index in [2.05, 4.69) is 5.32 Å². The number of rotatable bonds is 4. The van der Waals surface area contributed by atoms with Crippen molar-refractivity contribution in [3.05, 3.63) is 0 Å². The van der Waals surface area contributed by atoms with Gasteiger partial charge in [-0.1, -0.05) is 13.8 Å². The van der Waals surface area contributed by atoms with Crippen LogP contribution in [0.1, 0.15) is 39.5 Å². The van der Waals surface area contributed by atoms with E-state index in [1.165, 1.54) is 0 Å². The molecule has 1 saturated heterocycles. The minimum absolute atomic E-state index is 0.164. The van der Waals surface area contributed by atoms with Crippen molar-refractivity contribution >= 4 is 17.9 Å². The smallest absolute Gasteiger partial charge is 0.324 e. The van der Waals surface area contributed by atoms with Crippen LogP contribution in [0.4, 0.5) is 4.79 Å². The maximum absolute atomic E-state index is 11.9. The maximum atomic E-state index is 11.9. The number of carbonyl (C=O) groups excluding carboxylic acids is 2. The van der Waals surface area contributed by atoms with E-state index in [9.17, 15) is 14.4 Å². The summed E-state index contributed by atoms with van der Waals surface area (Å²) in [6, 6.07) is -0.237. The zero-order valence-corrected chi connectivity index (χ0v) is 10.8. The first-order valence-electron chi connectivity index (χ1n) is 6.24. The Morgan fingerprint density at radius 1 is 1.33 bits per heavy atom. The number of hydrogen-bond acceptors (Lipinski definition) is 3. The minimum atomic E-state index is -1.04. The van der Waals surface area contributed by atoms with Gasteiger partial charge >= 0.3 is 12.0 Å². The number of aliphatic carboxylic acids is 1. The van der Waals surface area contributed by atoms with Crippen LogP contribution in [0.25, 0.3) is 0 Å². The molecule has 1 fully saturated rings. The van der Waals surface area contributed by atoms with Crippen LogP contribution in [0.5, 0.6) is 0 Å². The number of carboxylic acid groups (broad SMARTS) is 1. The van der Waals surface area contributed by atoms with E-state index in [0.717, 1.165) is 12.8 Å². The van der Waals surface area contributed by atoms with Crippen molar-refractivity contribution in [2.45, 2.75) is 45.6 Å². The zero-order chi connectivity index (χ0) is 13.7. The highest BCUT2D eigenvalue weighted by Gasteiger charge is 2.31. The summed E-state index contributed by atoms with van der Waals surface area (Å²) in [4.78, 5) is 35.2. The van der Waals surface area contributed by atoms with Crippen molar-refractivity contribution in [2.24, 2.45) is 5.92 Å². The Hall–Kier alpha value is -1.59. The molecular formula is C12H20N2O4. The van der Waals surface area contributed by atoms with Gasteiger partial charge in [-0.15, -0.1) is 0 Å². The maximum Gasteiger partial charge on any atom is 0.324 e. The van der Waals surface area contributed by atoms with Gasteiger partial charge in [-0.25, -0.2) is 4.79 Å². The second-order valence-electron chi connectivity index (χ2n) is 4.89. The molecule has 0 aromatic rings. The molecule has 0 aromatic carbocycles. The molecule has 18 heavy (non-hydrogen) atoms. The van der Waals surface area contributed by atoms with Crippen LogP contribution in [-0.4, -0.2) is 40.5 Å². The van der Waals surface area contributed by atoms with Gasteiger partial charge in [0.25, 0.3) is 0 Å². The molecule has 2 N–H and O–H groups in total. The monoisotopic (exact) mass is 256 g/mol. The number of hydrogen-bond donors (Lipinski definition) is 2. The van der Waals surface area contributed by atoms with E-state index in [1.54, 1.807) is 4.90 Å². The molecule has 0 aliphatic carbocycles. The van der Waals surface area contributed by atoms with Crippen LogP contribution in [-0.2, 0) is 9.59 Å². The van der Waals surface area contributed by atoms with Gasteiger partial charge in [0, 0.05) is 19.0 Å². The molecule has 0 radical (unpaired) electrons. The van der Waals surface area contributed by atoms with Crippen LogP contribution >= 0.6 is 0 Å². The Balaban J connectivity index is 2.44. The molecule has 3 amide bonds. The first kappa shape index (κ1) is 14.5. The van der Waals surface area contributed by atoms with Crippen molar-refractivity contribution in [2.75, 3.05) is 6.54 Å². The number of carbonyl (C=O) groups is 3. The van der Waals surface area contributed by atoms with Crippen LogP contribution < -0.4 is 5.32 Å². The summed E-state index contributed by atoms with van der Waals surface area (Å²) < 4.78 is 0. The number of likely N-dealkylation sites (tertiary alicyclic amines) is 1. The number of urea groups is 1. The van der Waals surface area contributed by atoms with Crippen molar-refractivity contribution in [3.63, 3.8) is 0 Å². The van der Waals surface area contributed by atoms with Crippen LogP contribution in [0, 0.1) is 5.92 Å². The zero-order valence-electron chi connectivity index (χ0n) is 10.8. The topological polar surface area (TPSA) is 86.7 Å². The summed E-state index contributed by atoms with van der Waals surface area (Å²) in [5, 5.41) is 10.7. The van der Waals surface area contributed by atoms with E-state index in [-0.39, 0.29) is 18.9 Å². The molecule has 0 bridgehead atoms. The Morgan fingerprint density at radius 3 is 2.56 bits per heavy atom.